The maximum Gasteiger partial charge on any atom is 0.00901 e. The van der Waals surface area contributed by atoms with Crippen LogP contribution in [-0.4, -0.2) is 11.0 Å². The van der Waals surface area contributed by atoms with E-state index < -0.39 is 0 Å². The van der Waals surface area contributed by atoms with Crippen LogP contribution in [0, 0.1) is 46.3 Å². The van der Waals surface area contributed by atoms with E-state index in [-0.39, 0.29) is 0 Å². The van der Waals surface area contributed by atoms with Gasteiger partial charge in [0.05, 0.1) is 0 Å². The fraction of sp³-hybridized carbons (Fsp3) is 0.895. The van der Waals surface area contributed by atoms with E-state index in [1.54, 1.807) is 6.42 Å². The van der Waals surface area contributed by atoms with Gasteiger partial charge in [-0.3, -0.25) is 0 Å². The molecule has 0 aromatic heterocycles. The van der Waals surface area contributed by atoms with Crippen molar-refractivity contribution in [1.82, 2.24) is 0 Å². The Kier molecular flexibility index (Phi) is 2.22. The molecule has 3 unspecified atom stereocenters. The Labute approximate surface area is 128 Å². The Bertz CT molecular complexity index is 496. The molecule has 0 radical (unpaired) electrons. The Morgan fingerprint density at radius 1 is 1.15 bits per heavy atom. The third-order valence-electron chi connectivity index (χ3n) is 8.96. The van der Waals surface area contributed by atoms with E-state index in [4.69, 9.17) is 0 Å². The molecule has 4 fully saturated rings. The zero-order chi connectivity index (χ0) is 13.9. The van der Waals surface area contributed by atoms with Gasteiger partial charge in [-0.1, -0.05) is 39.3 Å². The standard InChI is InChI=1S/C19H28S/c1-10-5-6-14-7-19(12(3)11(2)13(19)4)18-8-15(20-9-18)16(10)17(14)18/h6,10-13,15-17H,5,7-9H2,1-4H3/t10-,11?,12+,13?,15+,16-,17-,18-,19?/m0/s1. The first kappa shape index (κ1) is 12.6. The number of rotatable bonds is 0. The van der Waals surface area contributed by atoms with Crippen molar-refractivity contribution in [3.63, 3.8) is 0 Å². The van der Waals surface area contributed by atoms with Crippen LogP contribution in [0.3, 0.4) is 0 Å². The number of allylic oxidation sites excluding steroid dienone is 2. The molecule has 1 saturated heterocycles. The molecule has 20 heavy (non-hydrogen) atoms. The lowest BCUT2D eigenvalue weighted by molar-refractivity contribution is -0.166. The zero-order valence-electron chi connectivity index (χ0n) is 13.4. The molecule has 5 aliphatic rings. The molecule has 0 aromatic carbocycles. The van der Waals surface area contributed by atoms with Gasteiger partial charge in [-0.05, 0) is 65.6 Å². The Hall–Kier alpha value is 0.0900. The second-order valence-corrected chi connectivity index (χ2v) is 10.1. The first-order valence-electron chi connectivity index (χ1n) is 8.83. The summed E-state index contributed by atoms with van der Waals surface area (Å²) in [5, 5.41) is 1.01. The Morgan fingerprint density at radius 3 is 2.65 bits per heavy atom. The van der Waals surface area contributed by atoms with Crippen molar-refractivity contribution in [3.05, 3.63) is 11.6 Å². The summed E-state index contributed by atoms with van der Waals surface area (Å²) in [6, 6.07) is 0. The van der Waals surface area contributed by atoms with Crippen LogP contribution in [0.4, 0.5) is 0 Å². The summed E-state index contributed by atoms with van der Waals surface area (Å²) < 4.78 is 0. The van der Waals surface area contributed by atoms with Gasteiger partial charge in [0, 0.05) is 11.0 Å². The highest BCUT2D eigenvalue weighted by molar-refractivity contribution is 8.00. The smallest absolute Gasteiger partial charge is 0.00901 e. The average molecular weight is 288 g/mol. The van der Waals surface area contributed by atoms with Crippen molar-refractivity contribution in [1.29, 1.82) is 0 Å². The highest BCUT2D eigenvalue weighted by Crippen LogP contribution is 2.83. The fourth-order valence-corrected chi connectivity index (χ4v) is 10.0. The molecule has 1 heteroatoms. The first-order valence-corrected chi connectivity index (χ1v) is 9.88. The summed E-state index contributed by atoms with van der Waals surface area (Å²) in [6.07, 6.45) is 7.10. The molecule has 2 spiro atoms. The largest absolute Gasteiger partial charge is 0.158 e. The topological polar surface area (TPSA) is 0 Å². The normalized spacial score (nSPS) is 66.2. The zero-order valence-corrected chi connectivity index (χ0v) is 14.2. The van der Waals surface area contributed by atoms with E-state index in [0.29, 0.717) is 10.8 Å². The predicted molar refractivity (Wildman–Crippen MR) is 86.7 cm³/mol. The van der Waals surface area contributed by atoms with Gasteiger partial charge in [-0.25, -0.2) is 0 Å². The molecule has 0 nitrogen and oxygen atoms in total. The minimum atomic E-state index is 0.684. The second-order valence-electron chi connectivity index (χ2n) is 8.91. The minimum Gasteiger partial charge on any atom is -0.158 e. The number of thioether (sulfide) groups is 1. The first-order chi connectivity index (χ1) is 9.53. The monoisotopic (exact) mass is 288 g/mol. The SMILES string of the molecule is CC1C(C)C2(CC3=CC[C@H](C)[C@H]4[C@H]5C[C@]2(CS5)[C@@H]34)[C@@H]1C. The summed E-state index contributed by atoms with van der Waals surface area (Å²) in [5.41, 5.74) is 3.31. The average Bonchev–Trinajstić information content (AvgIpc) is 3.11. The molecular formula is C19H28S. The third-order valence-corrected chi connectivity index (χ3v) is 10.6. The van der Waals surface area contributed by atoms with Gasteiger partial charge in [0.25, 0.3) is 0 Å². The Morgan fingerprint density at radius 2 is 1.90 bits per heavy atom. The number of hydrogen-bond donors (Lipinski definition) is 0. The molecule has 110 valence electrons. The molecular weight excluding hydrogens is 260 g/mol. The lowest BCUT2D eigenvalue weighted by Gasteiger charge is -2.65. The quantitative estimate of drug-likeness (QED) is 0.565. The van der Waals surface area contributed by atoms with E-state index in [9.17, 15) is 0 Å². The van der Waals surface area contributed by atoms with Crippen LogP contribution in [0.15, 0.2) is 11.6 Å². The third kappa shape index (κ3) is 1.02. The molecule has 1 heterocycles. The van der Waals surface area contributed by atoms with E-state index in [1.165, 1.54) is 18.6 Å². The van der Waals surface area contributed by atoms with Gasteiger partial charge in [0.15, 0.2) is 0 Å². The van der Waals surface area contributed by atoms with Crippen LogP contribution in [0.25, 0.3) is 0 Å². The lowest BCUT2D eigenvalue weighted by Crippen LogP contribution is -2.61. The molecule has 3 saturated carbocycles. The van der Waals surface area contributed by atoms with E-state index >= 15 is 0 Å². The second kappa shape index (κ2) is 3.53. The lowest BCUT2D eigenvalue weighted by atomic mass is 9.40. The summed E-state index contributed by atoms with van der Waals surface area (Å²) in [5.74, 6) is 7.32. The molecule has 0 aromatic rings. The molecule has 0 amide bonds. The summed E-state index contributed by atoms with van der Waals surface area (Å²) >= 11 is 2.36. The van der Waals surface area contributed by atoms with Crippen molar-refractivity contribution >= 4 is 11.8 Å². The van der Waals surface area contributed by atoms with Crippen molar-refractivity contribution < 1.29 is 0 Å². The Balaban J connectivity index is 1.70. The minimum absolute atomic E-state index is 0.684. The van der Waals surface area contributed by atoms with Crippen LogP contribution < -0.4 is 0 Å². The van der Waals surface area contributed by atoms with E-state index in [1.807, 2.05) is 5.57 Å². The van der Waals surface area contributed by atoms with E-state index in [2.05, 4.69) is 45.5 Å². The van der Waals surface area contributed by atoms with Gasteiger partial charge in [0.1, 0.15) is 0 Å². The summed E-state index contributed by atoms with van der Waals surface area (Å²) in [7, 11) is 0. The molecule has 4 aliphatic carbocycles. The molecule has 9 atom stereocenters. The van der Waals surface area contributed by atoms with Crippen molar-refractivity contribution in [3.8, 4) is 0 Å². The molecule has 0 N–H and O–H groups in total. The maximum absolute atomic E-state index is 2.69. The highest BCUT2D eigenvalue weighted by Gasteiger charge is 2.78. The molecule has 2 bridgehead atoms. The maximum atomic E-state index is 2.69. The number of hydrogen-bond acceptors (Lipinski definition) is 1. The van der Waals surface area contributed by atoms with Gasteiger partial charge in [-0.2, -0.15) is 11.8 Å². The van der Waals surface area contributed by atoms with Gasteiger partial charge < -0.3 is 0 Å². The van der Waals surface area contributed by atoms with Crippen LogP contribution in [0.5, 0.6) is 0 Å². The summed E-state index contributed by atoms with van der Waals surface area (Å²) in [6.45, 7) is 10.2. The summed E-state index contributed by atoms with van der Waals surface area (Å²) in [4.78, 5) is 0. The molecule has 5 rings (SSSR count). The van der Waals surface area contributed by atoms with Crippen molar-refractivity contribution in [2.45, 2.75) is 52.2 Å². The van der Waals surface area contributed by atoms with Crippen LogP contribution in [-0.2, 0) is 0 Å². The van der Waals surface area contributed by atoms with Crippen molar-refractivity contribution in [2.75, 3.05) is 5.75 Å². The van der Waals surface area contributed by atoms with Crippen LogP contribution in [0.1, 0.15) is 47.0 Å². The fourth-order valence-electron chi connectivity index (χ4n) is 7.90. The van der Waals surface area contributed by atoms with Crippen molar-refractivity contribution in [2.24, 2.45) is 46.3 Å². The van der Waals surface area contributed by atoms with Gasteiger partial charge in [-0.15, -0.1) is 0 Å². The van der Waals surface area contributed by atoms with E-state index in [0.717, 1.165) is 40.8 Å². The van der Waals surface area contributed by atoms with Gasteiger partial charge in [0.2, 0.25) is 0 Å². The van der Waals surface area contributed by atoms with Crippen LogP contribution >= 0.6 is 11.8 Å². The van der Waals surface area contributed by atoms with Crippen LogP contribution in [0.2, 0.25) is 0 Å². The predicted octanol–water partition coefficient (Wildman–Crippen LogP) is 5.00. The highest BCUT2D eigenvalue weighted by atomic mass is 32.2. The molecule has 1 aliphatic heterocycles. The number of fused-ring (bicyclic) bond motifs is 2. The van der Waals surface area contributed by atoms with Gasteiger partial charge >= 0.3 is 0 Å².